The van der Waals surface area contributed by atoms with Gasteiger partial charge in [-0.25, -0.2) is 9.37 Å². The van der Waals surface area contributed by atoms with Crippen LogP contribution in [0.3, 0.4) is 0 Å². The average molecular weight is 507 g/mol. The summed E-state index contributed by atoms with van der Waals surface area (Å²) in [6.07, 6.45) is -10.2. The predicted molar refractivity (Wildman–Crippen MR) is 115 cm³/mol. The van der Waals surface area contributed by atoms with Crippen LogP contribution in [0.15, 0.2) is 36.4 Å². The number of rotatable bonds is 7. The van der Waals surface area contributed by atoms with Crippen LogP contribution in [0.25, 0.3) is 10.2 Å². The number of nitrogens with zero attached hydrogens (tertiary/aromatic N) is 3. The molecule has 1 aromatic heterocycles. The number of amides is 1. The normalized spacial score (nSPS) is 12.5. The first-order valence-corrected chi connectivity index (χ1v) is 11.0. The minimum absolute atomic E-state index is 0.0303. The Morgan fingerprint density at radius 3 is 2.03 bits per heavy atom. The highest BCUT2D eigenvalue weighted by Crippen LogP contribution is 2.37. The highest BCUT2D eigenvalue weighted by atomic mass is 32.1. The smallest absolute Gasteiger partial charge is 0.302 e. The van der Waals surface area contributed by atoms with Gasteiger partial charge in [0.1, 0.15) is 5.82 Å². The molecular weight excluding hydrogens is 487 g/mol. The van der Waals surface area contributed by atoms with Gasteiger partial charge >= 0.3 is 12.4 Å². The fourth-order valence-corrected chi connectivity index (χ4v) is 4.32. The largest absolute Gasteiger partial charge is 0.416 e. The van der Waals surface area contributed by atoms with E-state index in [1.807, 2.05) is 18.7 Å². The van der Waals surface area contributed by atoms with Crippen molar-refractivity contribution >= 4 is 32.6 Å². The maximum atomic E-state index is 13.6. The number of hydrogen-bond donors (Lipinski definition) is 0. The van der Waals surface area contributed by atoms with Gasteiger partial charge in [-0.2, -0.15) is 26.3 Å². The van der Waals surface area contributed by atoms with Gasteiger partial charge in [0.25, 0.3) is 5.91 Å². The van der Waals surface area contributed by atoms with E-state index in [2.05, 4.69) is 4.98 Å². The molecule has 0 radical (unpaired) electrons. The van der Waals surface area contributed by atoms with Gasteiger partial charge in [-0.15, -0.1) is 0 Å². The van der Waals surface area contributed by atoms with Crippen molar-refractivity contribution in [1.82, 2.24) is 9.88 Å². The van der Waals surface area contributed by atoms with Gasteiger partial charge in [-0.1, -0.05) is 25.2 Å². The van der Waals surface area contributed by atoms with Crippen LogP contribution in [0.1, 0.15) is 35.3 Å². The second kappa shape index (κ2) is 9.87. The van der Waals surface area contributed by atoms with Gasteiger partial charge in [-0.05, 0) is 49.5 Å². The molecule has 0 fully saturated rings. The molecule has 0 aliphatic rings. The van der Waals surface area contributed by atoms with E-state index in [-0.39, 0.29) is 17.7 Å². The van der Waals surface area contributed by atoms with Crippen molar-refractivity contribution in [2.24, 2.45) is 0 Å². The summed E-state index contributed by atoms with van der Waals surface area (Å²) in [4.78, 5) is 20.5. The third kappa shape index (κ3) is 5.84. The third-order valence-electron chi connectivity index (χ3n) is 5.18. The minimum atomic E-state index is -5.09. The monoisotopic (exact) mass is 507 g/mol. The standard InChI is InChI=1S/C22H20F7N3OS/c1-3-31(4-2)7-8-32(20-30-17-6-5-16(23)12-18(17)34-20)19(33)13-9-14(21(24,25)26)11-15(10-13)22(27,28)29/h5-6,9-12H,3-4,7-8H2,1-2H3. The Morgan fingerprint density at radius 1 is 0.912 bits per heavy atom. The molecule has 0 bridgehead atoms. The molecule has 0 atom stereocenters. The van der Waals surface area contributed by atoms with E-state index in [1.165, 1.54) is 12.1 Å². The molecule has 184 valence electrons. The van der Waals surface area contributed by atoms with Crippen LogP contribution >= 0.6 is 11.3 Å². The molecule has 4 nitrogen and oxygen atoms in total. The molecule has 1 heterocycles. The molecule has 0 saturated carbocycles. The second-order valence-electron chi connectivity index (χ2n) is 7.39. The SMILES string of the molecule is CCN(CC)CCN(C(=O)c1cc(C(F)(F)F)cc(C(F)(F)F)c1)c1nc2ccc(F)cc2s1. The van der Waals surface area contributed by atoms with Gasteiger partial charge < -0.3 is 4.90 Å². The number of aromatic nitrogens is 1. The lowest BCUT2D eigenvalue weighted by atomic mass is 10.0. The molecule has 0 unspecified atom stereocenters. The number of carbonyl (C=O) groups excluding carboxylic acids is 1. The van der Waals surface area contributed by atoms with Crippen LogP contribution in [0.5, 0.6) is 0 Å². The Bertz CT molecular complexity index is 1140. The molecule has 34 heavy (non-hydrogen) atoms. The number of fused-ring (bicyclic) bond motifs is 1. The van der Waals surface area contributed by atoms with Crippen molar-refractivity contribution in [2.45, 2.75) is 26.2 Å². The topological polar surface area (TPSA) is 36.4 Å². The first kappa shape index (κ1) is 25.9. The summed E-state index contributed by atoms with van der Waals surface area (Å²) in [5.41, 5.74) is -3.59. The van der Waals surface area contributed by atoms with Crippen LogP contribution < -0.4 is 4.90 Å². The van der Waals surface area contributed by atoms with Crippen LogP contribution in [0.4, 0.5) is 35.9 Å². The summed E-state index contributed by atoms with van der Waals surface area (Å²) in [7, 11) is 0. The highest BCUT2D eigenvalue weighted by Gasteiger charge is 2.38. The zero-order valence-electron chi connectivity index (χ0n) is 18.1. The molecule has 0 N–H and O–H groups in total. The highest BCUT2D eigenvalue weighted by molar-refractivity contribution is 7.22. The zero-order chi connectivity index (χ0) is 25.3. The number of alkyl halides is 6. The fraction of sp³-hybridized carbons (Fsp3) is 0.364. The minimum Gasteiger partial charge on any atom is -0.302 e. The lowest BCUT2D eigenvalue weighted by Crippen LogP contribution is -2.39. The van der Waals surface area contributed by atoms with E-state index in [1.54, 1.807) is 0 Å². The van der Waals surface area contributed by atoms with Crippen LogP contribution in [-0.2, 0) is 12.4 Å². The van der Waals surface area contributed by atoms with E-state index in [9.17, 15) is 35.5 Å². The predicted octanol–water partition coefficient (Wildman–Crippen LogP) is 6.46. The average Bonchev–Trinajstić information content (AvgIpc) is 3.17. The lowest BCUT2D eigenvalue weighted by molar-refractivity contribution is -0.143. The molecule has 3 rings (SSSR count). The van der Waals surface area contributed by atoms with Crippen molar-refractivity contribution in [3.63, 3.8) is 0 Å². The summed E-state index contributed by atoms with van der Waals surface area (Å²) in [5, 5.41) is 0.0451. The van der Waals surface area contributed by atoms with Gasteiger partial charge in [0, 0.05) is 18.7 Å². The van der Waals surface area contributed by atoms with Crippen LogP contribution in [0, 0.1) is 5.82 Å². The van der Waals surface area contributed by atoms with Crippen molar-refractivity contribution in [3.05, 3.63) is 58.9 Å². The maximum absolute atomic E-state index is 13.6. The number of halogens is 7. The molecule has 12 heteroatoms. The molecule has 0 saturated heterocycles. The summed E-state index contributed by atoms with van der Waals surface area (Å²) < 4.78 is 93.8. The molecular formula is C22H20F7N3OS. The van der Waals surface area contributed by atoms with Crippen molar-refractivity contribution in [1.29, 1.82) is 0 Å². The molecule has 0 aliphatic carbocycles. The quantitative estimate of drug-likeness (QED) is 0.345. The second-order valence-corrected chi connectivity index (χ2v) is 8.40. The van der Waals surface area contributed by atoms with Crippen molar-refractivity contribution < 1.29 is 35.5 Å². The third-order valence-corrected chi connectivity index (χ3v) is 6.23. The molecule has 0 aliphatic heterocycles. The number of thiazole rings is 1. The van der Waals surface area contributed by atoms with E-state index < -0.39 is 40.8 Å². The first-order chi connectivity index (χ1) is 15.8. The lowest BCUT2D eigenvalue weighted by Gasteiger charge is -2.25. The molecule has 1 amide bonds. The number of likely N-dealkylation sites (N-methyl/N-ethyl adjacent to an activating group) is 1. The zero-order valence-corrected chi connectivity index (χ0v) is 18.9. The number of anilines is 1. The fourth-order valence-electron chi connectivity index (χ4n) is 3.30. The van der Waals surface area contributed by atoms with Gasteiger partial charge in [0.2, 0.25) is 0 Å². The molecule has 0 spiro atoms. The Hall–Kier alpha value is -2.73. The Kier molecular flexibility index (Phi) is 7.51. The van der Waals surface area contributed by atoms with Crippen molar-refractivity contribution in [3.8, 4) is 0 Å². The molecule has 3 aromatic rings. The van der Waals surface area contributed by atoms with Gasteiger partial charge in [-0.3, -0.25) is 9.69 Å². The maximum Gasteiger partial charge on any atom is 0.416 e. The summed E-state index contributed by atoms with van der Waals surface area (Å²) in [6, 6.07) is 4.50. The van der Waals surface area contributed by atoms with Crippen molar-refractivity contribution in [2.75, 3.05) is 31.1 Å². The van der Waals surface area contributed by atoms with Gasteiger partial charge in [0.05, 0.1) is 21.3 Å². The van der Waals surface area contributed by atoms with Crippen LogP contribution in [-0.4, -0.2) is 42.0 Å². The first-order valence-electron chi connectivity index (χ1n) is 10.2. The number of benzene rings is 2. The number of hydrogen-bond acceptors (Lipinski definition) is 4. The van der Waals surface area contributed by atoms with Crippen LogP contribution in [0.2, 0.25) is 0 Å². The Labute approximate surface area is 194 Å². The summed E-state index contributed by atoms with van der Waals surface area (Å²) >= 11 is 0.920. The molecule has 2 aromatic carbocycles. The summed E-state index contributed by atoms with van der Waals surface area (Å²) in [6.45, 7) is 5.24. The Balaban J connectivity index is 2.10. The van der Waals surface area contributed by atoms with Gasteiger partial charge in [0.15, 0.2) is 5.13 Å². The summed E-state index contributed by atoms with van der Waals surface area (Å²) in [5.74, 6) is -1.61. The van der Waals surface area contributed by atoms with E-state index in [4.69, 9.17) is 0 Å². The van der Waals surface area contributed by atoms with E-state index in [0.29, 0.717) is 42.0 Å². The number of carbonyl (C=O) groups is 1. The Morgan fingerprint density at radius 2 is 1.50 bits per heavy atom. The van der Waals surface area contributed by atoms with E-state index in [0.717, 1.165) is 22.3 Å². The van der Waals surface area contributed by atoms with E-state index >= 15 is 0 Å².